The third-order valence-corrected chi connectivity index (χ3v) is 5.20. The molecule has 1 saturated carbocycles. The van der Waals surface area contributed by atoms with Crippen LogP contribution in [0.3, 0.4) is 0 Å². The Balaban J connectivity index is 1.81. The van der Waals surface area contributed by atoms with E-state index in [9.17, 15) is 9.59 Å². The molecule has 1 amide bonds. The van der Waals surface area contributed by atoms with Crippen LogP contribution < -0.4 is 5.32 Å². The third-order valence-electron chi connectivity index (χ3n) is 5.20. The number of ether oxygens (including phenoxy) is 1. The van der Waals surface area contributed by atoms with E-state index in [0.717, 1.165) is 12.8 Å². The second-order valence-corrected chi connectivity index (χ2v) is 7.29. The van der Waals surface area contributed by atoms with Crippen molar-refractivity contribution in [2.24, 2.45) is 11.8 Å². The van der Waals surface area contributed by atoms with E-state index >= 15 is 0 Å². The molecule has 1 aliphatic carbocycles. The SMILES string of the molecule is CC(C)c1ccc(C(=O)OCC(=O)N[C@H]2CCC[C@H](C)[C@@H]2C)cc1. The number of esters is 1. The van der Waals surface area contributed by atoms with Crippen LogP contribution >= 0.6 is 0 Å². The van der Waals surface area contributed by atoms with Crippen LogP contribution in [0.2, 0.25) is 0 Å². The molecule has 0 radical (unpaired) electrons. The summed E-state index contributed by atoms with van der Waals surface area (Å²) in [5, 5.41) is 3.01. The van der Waals surface area contributed by atoms with Crippen LogP contribution in [0.1, 0.15) is 68.8 Å². The number of rotatable bonds is 5. The minimum Gasteiger partial charge on any atom is -0.452 e. The lowest BCUT2D eigenvalue weighted by molar-refractivity contribution is -0.125. The van der Waals surface area contributed by atoms with Gasteiger partial charge < -0.3 is 10.1 Å². The molecule has 0 aliphatic heterocycles. The van der Waals surface area contributed by atoms with Gasteiger partial charge in [0.15, 0.2) is 6.61 Å². The molecule has 1 fully saturated rings. The third kappa shape index (κ3) is 4.83. The van der Waals surface area contributed by atoms with Gasteiger partial charge in [0, 0.05) is 6.04 Å². The highest BCUT2D eigenvalue weighted by Crippen LogP contribution is 2.29. The molecular weight excluding hydrogens is 302 g/mol. The van der Waals surface area contributed by atoms with Gasteiger partial charge in [-0.1, -0.05) is 52.7 Å². The fourth-order valence-corrected chi connectivity index (χ4v) is 3.25. The average molecular weight is 331 g/mol. The highest BCUT2D eigenvalue weighted by Gasteiger charge is 2.28. The Morgan fingerprint density at radius 1 is 1.17 bits per heavy atom. The van der Waals surface area contributed by atoms with E-state index in [1.165, 1.54) is 12.0 Å². The summed E-state index contributed by atoms with van der Waals surface area (Å²) in [4.78, 5) is 24.1. The number of hydrogen-bond donors (Lipinski definition) is 1. The van der Waals surface area contributed by atoms with Gasteiger partial charge in [0.05, 0.1) is 5.56 Å². The van der Waals surface area contributed by atoms with Crippen molar-refractivity contribution < 1.29 is 14.3 Å². The maximum Gasteiger partial charge on any atom is 0.338 e. The molecule has 1 aromatic carbocycles. The van der Waals surface area contributed by atoms with Crippen LogP contribution in [0.4, 0.5) is 0 Å². The first-order valence-corrected chi connectivity index (χ1v) is 8.95. The van der Waals surface area contributed by atoms with Crippen LogP contribution in [0.5, 0.6) is 0 Å². The van der Waals surface area contributed by atoms with Gasteiger partial charge in [-0.2, -0.15) is 0 Å². The van der Waals surface area contributed by atoms with Gasteiger partial charge in [-0.25, -0.2) is 4.79 Å². The number of carbonyl (C=O) groups is 2. The Labute approximate surface area is 145 Å². The molecule has 3 atom stereocenters. The van der Waals surface area contributed by atoms with Crippen molar-refractivity contribution in [2.45, 2.75) is 58.9 Å². The Hall–Kier alpha value is -1.84. The van der Waals surface area contributed by atoms with Crippen molar-refractivity contribution >= 4 is 11.9 Å². The van der Waals surface area contributed by atoms with E-state index in [1.807, 2.05) is 12.1 Å². The maximum absolute atomic E-state index is 12.1. The predicted molar refractivity (Wildman–Crippen MR) is 94.9 cm³/mol. The second kappa shape index (κ2) is 8.32. The van der Waals surface area contributed by atoms with Gasteiger partial charge >= 0.3 is 5.97 Å². The minimum atomic E-state index is -0.453. The van der Waals surface area contributed by atoms with Gasteiger partial charge in [0.2, 0.25) is 0 Å². The number of benzene rings is 1. The first-order valence-electron chi connectivity index (χ1n) is 8.95. The molecule has 1 aliphatic rings. The lowest BCUT2D eigenvalue weighted by Gasteiger charge is -2.34. The van der Waals surface area contributed by atoms with Gasteiger partial charge in [0.25, 0.3) is 5.91 Å². The largest absolute Gasteiger partial charge is 0.452 e. The van der Waals surface area contributed by atoms with Crippen LogP contribution in [0.25, 0.3) is 0 Å². The Morgan fingerprint density at radius 3 is 2.46 bits per heavy atom. The van der Waals surface area contributed by atoms with E-state index in [0.29, 0.717) is 23.3 Å². The second-order valence-electron chi connectivity index (χ2n) is 7.29. The molecular formula is C20H29NO3. The van der Waals surface area contributed by atoms with E-state index < -0.39 is 5.97 Å². The van der Waals surface area contributed by atoms with Crippen LogP contribution in [-0.2, 0) is 9.53 Å². The molecule has 0 spiro atoms. The molecule has 0 aromatic heterocycles. The number of amides is 1. The van der Waals surface area contributed by atoms with Crippen LogP contribution in [0.15, 0.2) is 24.3 Å². The molecule has 4 heteroatoms. The number of nitrogens with one attached hydrogen (secondary N) is 1. The first kappa shape index (κ1) is 18.5. The van der Waals surface area contributed by atoms with E-state index in [-0.39, 0.29) is 18.6 Å². The summed E-state index contributed by atoms with van der Waals surface area (Å²) in [7, 11) is 0. The van der Waals surface area contributed by atoms with Gasteiger partial charge in [-0.05, 0) is 41.9 Å². The highest BCUT2D eigenvalue weighted by molar-refractivity contribution is 5.91. The molecule has 0 saturated heterocycles. The molecule has 24 heavy (non-hydrogen) atoms. The van der Waals surface area contributed by atoms with Crippen molar-refractivity contribution in [1.82, 2.24) is 5.32 Å². The molecule has 0 heterocycles. The Morgan fingerprint density at radius 2 is 1.83 bits per heavy atom. The summed E-state index contributed by atoms with van der Waals surface area (Å²) in [6.45, 7) is 8.39. The Bertz CT molecular complexity index is 565. The lowest BCUT2D eigenvalue weighted by Crippen LogP contribution is -2.45. The van der Waals surface area contributed by atoms with E-state index in [4.69, 9.17) is 4.74 Å². The van der Waals surface area contributed by atoms with Gasteiger partial charge in [-0.3, -0.25) is 4.79 Å². The van der Waals surface area contributed by atoms with Crippen LogP contribution in [-0.4, -0.2) is 24.5 Å². The zero-order valence-electron chi connectivity index (χ0n) is 15.2. The summed E-state index contributed by atoms with van der Waals surface area (Å²) in [6.07, 6.45) is 3.36. The number of carbonyl (C=O) groups excluding carboxylic acids is 2. The summed E-state index contributed by atoms with van der Waals surface area (Å²) in [6, 6.07) is 7.53. The minimum absolute atomic E-state index is 0.185. The fourth-order valence-electron chi connectivity index (χ4n) is 3.25. The zero-order chi connectivity index (χ0) is 17.7. The first-order chi connectivity index (χ1) is 11.4. The van der Waals surface area contributed by atoms with Crippen molar-refractivity contribution in [2.75, 3.05) is 6.61 Å². The van der Waals surface area contributed by atoms with E-state index in [2.05, 4.69) is 33.0 Å². The van der Waals surface area contributed by atoms with Crippen molar-refractivity contribution in [1.29, 1.82) is 0 Å². The monoisotopic (exact) mass is 331 g/mol. The predicted octanol–water partition coefficient (Wildman–Crippen LogP) is 3.91. The molecule has 1 N–H and O–H groups in total. The zero-order valence-corrected chi connectivity index (χ0v) is 15.2. The molecule has 4 nitrogen and oxygen atoms in total. The maximum atomic E-state index is 12.1. The smallest absolute Gasteiger partial charge is 0.338 e. The molecule has 132 valence electrons. The molecule has 0 unspecified atom stereocenters. The fraction of sp³-hybridized carbons (Fsp3) is 0.600. The quantitative estimate of drug-likeness (QED) is 0.832. The summed E-state index contributed by atoms with van der Waals surface area (Å²) in [5.41, 5.74) is 1.65. The molecule has 0 bridgehead atoms. The summed E-state index contributed by atoms with van der Waals surface area (Å²) >= 11 is 0. The molecule has 2 rings (SSSR count). The highest BCUT2D eigenvalue weighted by atomic mass is 16.5. The van der Waals surface area contributed by atoms with Gasteiger partial charge in [0.1, 0.15) is 0 Å². The standard InChI is InChI=1S/C20H29NO3/c1-13(2)16-8-10-17(11-9-16)20(23)24-12-19(22)21-18-7-5-6-14(3)15(18)4/h8-11,13-15,18H,5-7,12H2,1-4H3,(H,21,22)/t14-,15-,18-/m0/s1. The normalized spacial score (nSPS) is 23.8. The molecule has 1 aromatic rings. The summed E-state index contributed by atoms with van der Waals surface area (Å²) in [5.74, 6) is 0.826. The summed E-state index contributed by atoms with van der Waals surface area (Å²) < 4.78 is 5.14. The topological polar surface area (TPSA) is 55.4 Å². The Kier molecular flexibility index (Phi) is 6.41. The van der Waals surface area contributed by atoms with Crippen molar-refractivity contribution in [3.63, 3.8) is 0 Å². The van der Waals surface area contributed by atoms with Crippen LogP contribution in [0, 0.1) is 11.8 Å². The lowest BCUT2D eigenvalue weighted by atomic mass is 9.78. The van der Waals surface area contributed by atoms with Crippen molar-refractivity contribution in [3.05, 3.63) is 35.4 Å². The van der Waals surface area contributed by atoms with Gasteiger partial charge in [-0.15, -0.1) is 0 Å². The average Bonchev–Trinajstić information content (AvgIpc) is 2.57. The van der Waals surface area contributed by atoms with E-state index in [1.54, 1.807) is 12.1 Å². The van der Waals surface area contributed by atoms with Crippen molar-refractivity contribution in [3.8, 4) is 0 Å². The number of hydrogen-bond acceptors (Lipinski definition) is 3.